The number of piperazine rings is 1. The minimum Gasteiger partial charge on any atom is -0.394 e. The van der Waals surface area contributed by atoms with Crippen molar-refractivity contribution in [1.29, 1.82) is 0 Å². The Kier molecular flexibility index (Phi) is 8.42. The summed E-state index contributed by atoms with van der Waals surface area (Å²) in [5, 5.41) is 30.1. The number of carbonyl (C=O) groups is 1. The van der Waals surface area contributed by atoms with Gasteiger partial charge in [0, 0.05) is 38.8 Å². The SMILES string of the molecule is O=C(NC[C@@H]1O[C@@H](CO)[C@@H](O)[C@H]1N1CCN(C2CCCCN2)CC1)NC1CCCCC1. The molecule has 3 saturated heterocycles. The van der Waals surface area contributed by atoms with E-state index in [1.165, 1.54) is 38.5 Å². The van der Waals surface area contributed by atoms with Crippen LogP contribution in [0.5, 0.6) is 0 Å². The zero-order valence-electron chi connectivity index (χ0n) is 18.7. The van der Waals surface area contributed by atoms with E-state index >= 15 is 0 Å². The molecule has 3 heterocycles. The van der Waals surface area contributed by atoms with E-state index in [0.717, 1.165) is 45.6 Å². The molecule has 4 fully saturated rings. The van der Waals surface area contributed by atoms with Crippen molar-refractivity contribution in [3.63, 3.8) is 0 Å². The normalized spacial score (nSPS) is 36.4. The number of hydrogen-bond donors (Lipinski definition) is 5. The Labute approximate surface area is 185 Å². The van der Waals surface area contributed by atoms with Crippen LogP contribution in [0, 0.1) is 0 Å². The summed E-state index contributed by atoms with van der Waals surface area (Å²) in [5.74, 6) is 0. The minimum absolute atomic E-state index is 0.163. The zero-order valence-corrected chi connectivity index (χ0v) is 18.7. The largest absolute Gasteiger partial charge is 0.394 e. The Morgan fingerprint density at radius 2 is 1.68 bits per heavy atom. The lowest BCUT2D eigenvalue weighted by Crippen LogP contribution is -2.61. The molecule has 9 nitrogen and oxygen atoms in total. The summed E-state index contributed by atoms with van der Waals surface area (Å²) < 4.78 is 5.96. The molecule has 0 radical (unpaired) electrons. The number of carbonyl (C=O) groups excluding carboxylic acids is 1. The van der Waals surface area contributed by atoms with Crippen LogP contribution in [0.2, 0.25) is 0 Å². The van der Waals surface area contributed by atoms with E-state index in [2.05, 4.69) is 25.8 Å². The van der Waals surface area contributed by atoms with Gasteiger partial charge in [0.05, 0.1) is 24.9 Å². The molecule has 0 aromatic heterocycles. The van der Waals surface area contributed by atoms with Gasteiger partial charge in [0.1, 0.15) is 12.2 Å². The van der Waals surface area contributed by atoms with E-state index in [9.17, 15) is 15.0 Å². The molecule has 3 aliphatic heterocycles. The van der Waals surface area contributed by atoms with Gasteiger partial charge in [0.25, 0.3) is 0 Å². The Morgan fingerprint density at radius 3 is 2.35 bits per heavy atom. The van der Waals surface area contributed by atoms with Gasteiger partial charge in [-0.25, -0.2) is 4.79 Å². The van der Waals surface area contributed by atoms with Crippen molar-refractivity contribution >= 4 is 6.03 Å². The molecule has 2 amide bonds. The highest BCUT2D eigenvalue weighted by atomic mass is 16.5. The first kappa shape index (κ1) is 23.2. The third kappa shape index (κ3) is 5.89. The number of nitrogens with zero attached hydrogens (tertiary/aromatic N) is 2. The molecule has 5 N–H and O–H groups in total. The second-order valence-corrected chi connectivity index (χ2v) is 9.60. The van der Waals surface area contributed by atoms with E-state index in [-0.39, 0.29) is 30.8 Å². The van der Waals surface area contributed by atoms with Gasteiger partial charge in [-0.15, -0.1) is 0 Å². The van der Waals surface area contributed by atoms with Crippen LogP contribution in [-0.2, 0) is 4.74 Å². The second kappa shape index (κ2) is 11.2. The number of urea groups is 1. The highest BCUT2D eigenvalue weighted by molar-refractivity contribution is 5.74. The molecule has 9 heteroatoms. The van der Waals surface area contributed by atoms with Crippen LogP contribution in [0.15, 0.2) is 0 Å². The number of aliphatic hydroxyl groups excluding tert-OH is 2. The summed E-state index contributed by atoms with van der Waals surface area (Å²) in [4.78, 5) is 17.2. The highest BCUT2D eigenvalue weighted by Crippen LogP contribution is 2.27. The van der Waals surface area contributed by atoms with Crippen molar-refractivity contribution in [2.24, 2.45) is 0 Å². The maximum Gasteiger partial charge on any atom is 0.315 e. The Balaban J connectivity index is 1.28. The molecule has 178 valence electrons. The minimum atomic E-state index is -0.752. The lowest BCUT2D eigenvalue weighted by molar-refractivity contribution is -0.0206. The fourth-order valence-electron chi connectivity index (χ4n) is 5.77. The van der Waals surface area contributed by atoms with Gasteiger partial charge in [-0.1, -0.05) is 19.3 Å². The first-order valence-corrected chi connectivity index (χ1v) is 12.4. The predicted molar refractivity (Wildman–Crippen MR) is 118 cm³/mol. The van der Waals surface area contributed by atoms with Crippen molar-refractivity contribution in [3.8, 4) is 0 Å². The van der Waals surface area contributed by atoms with Crippen molar-refractivity contribution in [1.82, 2.24) is 25.8 Å². The molecule has 1 saturated carbocycles. The topological polar surface area (TPSA) is 109 Å². The zero-order chi connectivity index (χ0) is 21.6. The van der Waals surface area contributed by atoms with Crippen molar-refractivity contribution in [2.75, 3.05) is 45.9 Å². The third-order valence-electron chi connectivity index (χ3n) is 7.54. The number of ether oxygens (including phenoxy) is 1. The summed E-state index contributed by atoms with van der Waals surface area (Å²) in [5.41, 5.74) is 0. The van der Waals surface area contributed by atoms with Gasteiger partial charge in [0.15, 0.2) is 0 Å². The number of piperidine rings is 1. The van der Waals surface area contributed by atoms with Crippen LogP contribution in [0.3, 0.4) is 0 Å². The van der Waals surface area contributed by atoms with Gasteiger partial charge < -0.3 is 30.9 Å². The number of nitrogens with one attached hydrogen (secondary N) is 3. The lowest BCUT2D eigenvalue weighted by atomic mass is 9.96. The maximum atomic E-state index is 12.4. The van der Waals surface area contributed by atoms with Crippen LogP contribution in [0.25, 0.3) is 0 Å². The maximum absolute atomic E-state index is 12.4. The Bertz CT molecular complexity index is 562. The molecule has 1 aliphatic carbocycles. The molecule has 4 aliphatic rings. The van der Waals surface area contributed by atoms with Crippen molar-refractivity contribution < 1.29 is 19.7 Å². The van der Waals surface area contributed by atoms with E-state index < -0.39 is 12.2 Å². The molecule has 5 atom stereocenters. The summed E-state index contributed by atoms with van der Waals surface area (Å²) in [6, 6.07) is -0.121. The first-order chi connectivity index (χ1) is 15.2. The quantitative estimate of drug-likeness (QED) is 0.391. The van der Waals surface area contributed by atoms with Crippen LogP contribution >= 0.6 is 0 Å². The van der Waals surface area contributed by atoms with Gasteiger partial charge in [0.2, 0.25) is 0 Å². The molecular weight excluding hydrogens is 398 g/mol. The van der Waals surface area contributed by atoms with Crippen molar-refractivity contribution in [3.05, 3.63) is 0 Å². The van der Waals surface area contributed by atoms with Gasteiger partial charge in [-0.2, -0.15) is 0 Å². The van der Waals surface area contributed by atoms with E-state index in [1.54, 1.807) is 0 Å². The highest BCUT2D eigenvalue weighted by Gasteiger charge is 2.47. The average molecular weight is 440 g/mol. The molecule has 0 aromatic carbocycles. The standard InChI is InChI=1S/C22H41N5O4/c28-15-18-21(29)20(27-12-10-26(11-13-27)19-8-4-5-9-23-19)17(31-18)14-24-22(30)25-16-6-2-1-3-7-16/h16-21,23,28-29H,1-15H2,(H2,24,25,30)/t17-,18-,19?,20-,21+/m0/s1. The number of rotatable bonds is 6. The van der Waals surface area contributed by atoms with Crippen LogP contribution < -0.4 is 16.0 Å². The van der Waals surface area contributed by atoms with Gasteiger partial charge in [-0.05, 0) is 38.6 Å². The van der Waals surface area contributed by atoms with Crippen LogP contribution in [0.1, 0.15) is 51.4 Å². The van der Waals surface area contributed by atoms with Crippen molar-refractivity contribution in [2.45, 2.75) is 87.9 Å². The third-order valence-corrected chi connectivity index (χ3v) is 7.54. The molecule has 0 spiro atoms. The number of aliphatic hydroxyl groups is 2. The number of hydrogen-bond acceptors (Lipinski definition) is 7. The molecule has 1 unspecified atom stereocenters. The van der Waals surface area contributed by atoms with E-state index in [1.807, 2.05) is 0 Å². The van der Waals surface area contributed by atoms with Crippen LogP contribution in [0.4, 0.5) is 4.79 Å². The fraction of sp³-hybridized carbons (Fsp3) is 0.955. The monoisotopic (exact) mass is 439 g/mol. The predicted octanol–water partition coefficient (Wildman–Crippen LogP) is -0.175. The first-order valence-electron chi connectivity index (χ1n) is 12.4. The van der Waals surface area contributed by atoms with Gasteiger partial charge in [-0.3, -0.25) is 9.80 Å². The molecular formula is C22H41N5O4. The summed E-state index contributed by atoms with van der Waals surface area (Å²) in [6.45, 7) is 4.82. The summed E-state index contributed by atoms with van der Waals surface area (Å²) in [7, 11) is 0. The second-order valence-electron chi connectivity index (χ2n) is 9.60. The molecule has 31 heavy (non-hydrogen) atoms. The molecule has 0 aromatic rings. The molecule has 4 rings (SSSR count). The van der Waals surface area contributed by atoms with Crippen LogP contribution in [-0.4, -0.2) is 108 Å². The number of amides is 2. The Morgan fingerprint density at radius 1 is 0.968 bits per heavy atom. The fourth-order valence-corrected chi connectivity index (χ4v) is 5.77. The molecule has 0 bridgehead atoms. The smallest absolute Gasteiger partial charge is 0.315 e. The summed E-state index contributed by atoms with van der Waals surface area (Å²) in [6.07, 6.45) is 8.20. The van der Waals surface area contributed by atoms with Gasteiger partial charge >= 0.3 is 6.03 Å². The lowest BCUT2D eigenvalue weighted by Gasteiger charge is -2.44. The Hall–Kier alpha value is -0.970. The van der Waals surface area contributed by atoms with E-state index in [0.29, 0.717) is 12.7 Å². The summed E-state index contributed by atoms with van der Waals surface area (Å²) >= 11 is 0. The average Bonchev–Trinajstić information content (AvgIpc) is 3.14. The van der Waals surface area contributed by atoms with E-state index in [4.69, 9.17) is 4.74 Å².